The smallest absolute Gasteiger partial charge is 0.471 e. The first-order valence-electron chi connectivity index (χ1n) is 10.5. The van der Waals surface area contributed by atoms with E-state index in [1.807, 2.05) is 6.07 Å². The fourth-order valence-corrected chi connectivity index (χ4v) is 3.00. The first-order valence-corrected chi connectivity index (χ1v) is 10.5. The molecule has 2 amide bonds. The number of nitrogens with one attached hydrogen (secondary N) is 2. The van der Waals surface area contributed by atoms with Crippen molar-refractivity contribution in [1.82, 2.24) is 10.2 Å². The number of hydrogen-bond donors (Lipinski definition) is 3. The van der Waals surface area contributed by atoms with Crippen LogP contribution >= 0.6 is 0 Å². The summed E-state index contributed by atoms with van der Waals surface area (Å²) in [6.07, 6.45) is -5.74. The maximum absolute atomic E-state index is 13.0. The van der Waals surface area contributed by atoms with Crippen LogP contribution in [0.25, 0.3) is 0 Å². The number of nitrogen functional groups attached to an aromatic ring is 1. The summed E-state index contributed by atoms with van der Waals surface area (Å²) in [7, 11) is 0. The van der Waals surface area contributed by atoms with Crippen molar-refractivity contribution in [1.29, 1.82) is 5.41 Å². The van der Waals surface area contributed by atoms with Crippen molar-refractivity contribution in [3.8, 4) is 5.75 Å². The third-order valence-corrected chi connectivity index (χ3v) is 4.59. The van der Waals surface area contributed by atoms with Crippen LogP contribution in [0.5, 0.6) is 5.75 Å². The highest BCUT2D eigenvalue weighted by atomic mass is 19.4. The largest absolute Gasteiger partial charge is 0.494 e. The molecule has 11 heteroatoms. The molecule has 2 rings (SSSR count). The predicted molar refractivity (Wildman–Crippen MR) is 119 cm³/mol. The molecule has 1 atom stereocenters. The SMILES string of the molecule is C[C@@H](CN(CCCOc1cccc(C(=N)N)c1)C(=O)C(F)(F)F)NC(=O)OCc1ccccc1. The van der Waals surface area contributed by atoms with Crippen LogP contribution in [0.1, 0.15) is 24.5 Å². The van der Waals surface area contributed by atoms with Gasteiger partial charge in [-0.1, -0.05) is 42.5 Å². The highest BCUT2D eigenvalue weighted by molar-refractivity contribution is 5.95. The molecule has 0 fully saturated rings. The Morgan fingerprint density at radius 2 is 1.85 bits per heavy atom. The second-order valence-corrected chi connectivity index (χ2v) is 7.50. The van der Waals surface area contributed by atoms with Gasteiger partial charge in [-0.15, -0.1) is 0 Å². The molecule has 0 aliphatic rings. The Labute approximate surface area is 195 Å². The second-order valence-electron chi connectivity index (χ2n) is 7.50. The summed E-state index contributed by atoms with van der Waals surface area (Å²) in [6.45, 7) is 0.912. The molecular formula is C23H27F3N4O4. The minimum absolute atomic E-state index is 0.00670. The second kappa shape index (κ2) is 12.5. The Morgan fingerprint density at radius 1 is 1.15 bits per heavy atom. The normalized spacial score (nSPS) is 11.9. The van der Waals surface area contributed by atoms with Gasteiger partial charge >= 0.3 is 18.2 Å². The first-order chi connectivity index (χ1) is 16.1. The van der Waals surface area contributed by atoms with Crippen LogP contribution in [0.15, 0.2) is 54.6 Å². The summed E-state index contributed by atoms with van der Waals surface area (Å²) >= 11 is 0. The number of nitrogens with two attached hydrogens (primary N) is 1. The minimum Gasteiger partial charge on any atom is -0.494 e. The van der Waals surface area contributed by atoms with Crippen LogP contribution < -0.4 is 15.8 Å². The summed E-state index contributed by atoms with van der Waals surface area (Å²) in [5.74, 6) is -1.74. The van der Waals surface area contributed by atoms with Gasteiger partial charge in [-0.2, -0.15) is 13.2 Å². The average Bonchev–Trinajstić information content (AvgIpc) is 2.79. The zero-order valence-electron chi connectivity index (χ0n) is 18.6. The van der Waals surface area contributed by atoms with Gasteiger partial charge in [0.05, 0.1) is 6.61 Å². The molecule has 0 unspecified atom stereocenters. The van der Waals surface area contributed by atoms with E-state index >= 15 is 0 Å². The maximum atomic E-state index is 13.0. The van der Waals surface area contributed by atoms with E-state index in [0.717, 1.165) is 5.56 Å². The third-order valence-electron chi connectivity index (χ3n) is 4.59. The van der Waals surface area contributed by atoms with E-state index in [1.165, 1.54) is 13.0 Å². The van der Waals surface area contributed by atoms with Gasteiger partial charge in [-0.25, -0.2) is 4.79 Å². The van der Waals surface area contributed by atoms with Crippen LogP contribution in [0, 0.1) is 5.41 Å². The molecule has 4 N–H and O–H groups in total. The molecule has 2 aromatic rings. The number of alkyl halides is 3. The fourth-order valence-electron chi connectivity index (χ4n) is 3.00. The van der Waals surface area contributed by atoms with Crippen LogP contribution in [-0.2, 0) is 16.1 Å². The molecule has 0 spiro atoms. The molecule has 0 aliphatic heterocycles. The summed E-state index contributed by atoms with van der Waals surface area (Å²) in [5.41, 5.74) is 6.63. The number of amides is 2. The van der Waals surface area contributed by atoms with E-state index in [-0.39, 0.29) is 38.6 Å². The van der Waals surface area contributed by atoms with Crippen LogP contribution in [0.3, 0.4) is 0 Å². The number of benzene rings is 2. The molecule has 0 saturated carbocycles. The average molecular weight is 480 g/mol. The molecule has 184 valence electrons. The number of halogens is 3. The zero-order chi connectivity index (χ0) is 25.1. The van der Waals surface area contributed by atoms with Crippen molar-refractivity contribution in [2.45, 2.75) is 32.2 Å². The Kier molecular flexibility index (Phi) is 9.72. The first kappa shape index (κ1) is 26.5. The number of rotatable bonds is 11. The topological polar surface area (TPSA) is 118 Å². The Balaban J connectivity index is 1.86. The molecular weight excluding hydrogens is 453 g/mol. The number of carbonyl (C=O) groups excluding carboxylic acids is 2. The van der Waals surface area contributed by atoms with Crippen LogP contribution in [0.4, 0.5) is 18.0 Å². The molecule has 0 bridgehead atoms. The number of hydrogen-bond acceptors (Lipinski definition) is 5. The number of nitrogens with zero attached hydrogens (tertiary/aromatic N) is 1. The van der Waals surface area contributed by atoms with Crippen molar-refractivity contribution in [2.75, 3.05) is 19.7 Å². The Morgan fingerprint density at radius 3 is 2.50 bits per heavy atom. The third kappa shape index (κ3) is 9.00. The minimum atomic E-state index is -5.05. The molecule has 2 aromatic carbocycles. The summed E-state index contributed by atoms with van der Waals surface area (Å²) in [5, 5.41) is 9.86. The van der Waals surface area contributed by atoms with E-state index in [4.69, 9.17) is 20.6 Å². The molecule has 0 radical (unpaired) electrons. The lowest BCUT2D eigenvalue weighted by atomic mass is 10.2. The molecule has 0 aromatic heterocycles. The lowest BCUT2D eigenvalue weighted by molar-refractivity contribution is -0.185. The molecule has 34 heavy (non-hydrogen) atoms. The van der Waals surface area contributed by atoms with Gasteiger partial charge in [-0.05, 0) is 31.0 Å². The van der Waals surface area contributed by atoms with E-state index in [0.29, 0.717) is 16.2 Å². The van der Waals surface area contributed by atoms with Gasteiger partial charge in [0.25, 0.3) is 0 Å². The van der Waals surface area contributed by atoms with Crippen molar-refractivity contribution in [3.05, 3.63) is 65.7 Å². The highest BCUT2D eigenvalue weighted by Crippen LogP contribution is 2.19. The van der Waals surface area contributed by atoms with Gasteiger partial charge in [0.1, 0.15) is 18.2 Å². The Bertz CT molecular complexity index is 970. The predicted octanol–water partition coefficient (Wildman–Crippen LogP) is 3.45. The van der Waals surface area contributed by atoms with Crippen molar-refractivity contribution in [3.63, 3.8) is 0 Å². The number of alkyl carbamates (subject to hydrolysis) is 1. The van der Waals surface area contributed by atoms with Gasteiger partial charge in [0, 0.05) is 24.7 Å². The fraction of sp³-hybridized carbons (Fsp3) is 0.348. The molecule has 0 heterocycles. The lowest BCUT2D eigenvalue weighted by Crippen LogP contribution is -2.49. The van der Waals surface area contributed by atoms with E-state index < -0.39 is 24.2 Å². The number of carbonyl (C=O) groups is 2. The standard InChI is InChI=1S/C23H27F3N4O4/c1-16(29-22(32)34-15-17-7-3-2-4-8-17)14-30(21(31)23(24,25)26)11-6-12-33-19-10-5-9-18(13-19)20(27)28/h2-5,7-10,13,16H,6,11-12,14-15H2,1H3,(H3,27,28)(H,29,32)/t16-/m0/s1. The lowest BCUT2D eigenvalue weighted by Gasteiger charge is -2.27. The van der Waals surface area contributed by atoms with Gasteiger partial charge in [-0.3, -0.25) is 10.2 Å². The quantitative estimate of drug-likeness (QED) is 0.259. The van der Waals surface area contributed by atoms with Crippen molar-refractivity contribution >= 4 is 17.8 Å². The highest BCUT2D eigenvalue weighted by Gasteiger charge is 2.42. The van der Waals surface area contributed by atoms with Crippen LogP contribution in [-0.4, -0.2) is 54.7 Å². The van der Waals surface area contributed by atoms with E-state index in [1.54, 1.807) is 42.5 Å². The molecule has 0 aliphatic carbocycles. The van der Waals surface area contributed by atoms with Gasteiger partial charge in [0.2, 0.25) is 0 Å². The number of ether oxygens (including phenoxy) is 2. The Hall–Kier alpha value is -3.76. The number of amidine groups is 1. The van der Waals surface area contributed by atoms with E-state index in [2.05, 4.69) is 5.32 Å². The monoisotopic (exact) mass is 480 g/mol. The van der Waals surface area contributed by atoms with E-state index in [9.17, 15) is 22.8 Å². The van der Waals surface area contributed by atoms with Crippen molar-refractivity contribution < 1.29 is 32.2 Å². The van der Waals surface area contributed by atoms with Crippen molar-refractivity contribution in [2.24, 2.45) is 5.73 Å². The summed E-state index contributed by atoms with van der Waals surface area (Å²) in [4.78, 5) is 24.4. The molecule has 8 nitrogen and oxygen atoms in total. The molecule has 0 saturated heterocycles. The summed E-state index contributed by atoms with van der Waals surface area (Å²) in [6, 6.07) is 14.5. The zero-order valence-corrected chi connectivity index (χ0v) is 18.6. The van der Waals surface area contributed by atoms with Crippen LogP contribution in [0.2, 0.25) is 0 Å². The summed E-state index contributed by atoms with van der Waals surface area (Å²) < 4.78 is 49.7. The maximum Gasteiger partial charge on any atom is 0.471 e. The van der Waals surface area contributed by atoms with Gasteiger partial charge in [0.15, 0.2) is 0 Å². The van der Waals surface area contributed by atoms with Gasteiger partial charge < -0.3 is 25.4 Å².